The van der Waals surface area contributed by atoms with Crippen molar-refractivity contribution in [2.45, 2.75) is 9.71 Å². The third-order valence-corrected chi connectivity index (χ3v) is 2.32. The SMILES string of the molecule is O=C(O)C(C(=O)OCC(Cl)(Cl)Cl)c1ccccc1. The van der Waals surface area contributed by atoms with Crippen molar-refractivity contribution >= 4 is 46.7 Å². The van der Waals surface area contributed by atoms with Crippen LogP contribution >= 0.6 is 34.8 Å². The average molecular weight is 312 g/mol. The molecule has 98 valence electrons. The molecule has 0 aliphatic carbocycles. The molecule has 0 aliphatic rings. The van der Waals surface area contributed by atoms with E-state index in [4.69, 9.17) is 39.9 Å². The second kappa shape index (κ2) is 6.27. The number of carbonyl (C=O) groups excluding carboxylic acids is 1. The van der Waals surface area contributed by atoms with Crippen molar-refractivity contribution in [2.75, 3.05) is 6.61 Å². The fraction of sp³-hybridized carbons (Fsp3) is 0.273. The van der Waals surface area contributed by atoms with Crippen LogP contribution in [0.25, 0.3) is 0 Å². The summed E-state index contributed by atoms with van der Waals surface area (Å²) in [5.41, 5.74) is 0.305. The molecule has 1 unspecified atom stereocenters. The Morgan fingerprint density at radius 3 is 2.22 bits per heavy atom. The number of ether oxygens (including phenoxy) is 1. The number of hydrogen-bond donors (Lipinski definition) is 1. The molecule has 0 radical (unpaired) electrons. The van der Waals surface area contributed by atoms with Crippen LogP contribution in [-0.2, 0) is 14.3 Å². The molecule has 0 saturated carbocycles. The van der Waals surface area contributed by atoms with E-state index in [1.165, 1.54) is 12.1 Å². The largest absolute Gasteiger partial charge is 0.480 e. The first-order valence-corrected chi connectivity index (χ1v) is 5.96. The van der Waals surface area contributed by atoms with E-state index in [2.05, 4.69) is 4.74 Å². The van der Waals surface area contributed by atoms with E-state index in [-0.39, 0.29) is 0 Å². The molecule has 1 atom stereocenters. The van der Waals surface area contributed by atoms with Gasteiger partial charge in [0.05, 0.1) is 0 Å². The van der Waals surface area contributed by atoms with Crippen LogP contribution in [-0.4, -0.2) is 27.4 Å². The number of aliphatic carboxylic acids is 1. The van der Waals surface area contributed by atoms with Gasteiger partial charge >= 0.3 is 11.9 Å². The van der Waals surface area contributed by atoms with Crippen LogP contribution in [0.15, 0.2) is 30.3 Å². The summed E-state index contributed by atoms with van der Waals surface area (Å²) in [4.78, 5) is 22.7. The summed E-state index contributed by atoms with van der Waals surface area (Å²) >= 11 is 16.2. The zero-order valence-electron chi connectivity index (χ0n) is 8.98. The van der Waals surface area contributed by atoms with Gasteiger partial charge in [-0.1, -0.05) is 65.1 Å². The van der Waals surface area contributed by atoms with Gasteiger partial charge in [0.1, 0.15) is 6.61 Å². The molecule has 0 spiro atoms. The summed E-state index contributed by atoms with van der Waals surface area (Å²) in [6, 6.07) is 7.96. The number of hydrogen-bond acceptors (Lipinski definition) is 3. The predicted octanol–water partition coefficient (Wildman–Crippen LogP) is 2.77. The van der Waals surface area contributed by atoms with E-state index in [0.717, 1.165) is 0 Å². The normalized spacial score (nSPS) is 12.8. The molecule has 7 heteroatoms. The molecular formula is C11H9Cl3O4. The second-order valence-electron chi connectivity index (χ2n) is 3.40. The second-order valence-corrected chi connectivity index (χ2v) is 5.92. The van der Waals surface area contributed by atoms with E-state index < -0.39 is 28.3 Å². The topological polar surface area (TPSA) is 63.6 Å². The lowest BCUT2D eigenvalue weighted by atomic mass is 10.00. The van der Waals surface area contributed by atoms with Crippen LogP contribution in [0.1, 0.15) is 11.5 Å². The van der Waals surface area contributed by atoms with Crippen molar-refractivity contribution < 1.29 is 19.4 Å². The minimum absolute atomic E-state index is 0.305. The lowest BCUT2D eigenvalue weighted by Gasteiger charge is -2.15. The minimum Gasteiger partial charge on any atom is -0.480 e. The summed E-state index contributed by atoms with van der Waals surface area (Å²) in [5.74, 6) is -3.73. The van der Waals surface area contributed by atoms with E-state index in [9.17, 15) is 9.59 Å². The Bertz CT molecular complexity index is 428. The molecule has 0 bridgehead atoms. The highest BCUT2D eigenvalue weighted by Gasteiger charge is 2.32. The number of carboxylic acids is 1. The van der Waals surface area contributed by atoms with E-state index >= 15 is 0 Å². The van der Waals surface area contributed by atoms with Crippen LogP contribution in [0.3, 0.4) is 0 Å². The van der Waals surface area contributed by atoms with Crippen LogP contribution in [0, 0.1) is 0 Å². The zero-order chi connectivity index (χ0) is 13.8. The van der Waals surface area contributed by atoms with Gasteiger partial charge in [0.2, 0.25) is 3.79 Å². The summed E-state index contributed by atoms with van der Waals surface area (Å²) in [5, 5.41) is 9.03. The standard InChI is InChI=1S/C11H9Cl3O4/c12-11(13,14)6-18-10(17)8(9(15)16)7-4-2-1-3-5-7/h1-5,8H,6H2,(H,15,16). The van der Waals surface area contributed by atoms with Gasteiger partial charge in [-0.3, -0.25) is 9.59 Å². The predicted molar refractivity (Wildman–Crippen MR) is 68.1 cm³/mol. The number of esters is 1. The van der Waals surface area contributed by atoms with Gasteiger partial charge in [-0.2, -0.15) is 0 Å². The van der Waals surface area contributed by atoms with Crippen molar-refractivity contribution in [3.05, 3.63) is 35.9 Å². The van der Waals surface area contributed by atoms with Crippen molar-refractivity contribution in [1.29, 1.82) is 0 Å². The minimum atomic E-state index is -1.77. The lowest BCUT2D eigenvalue weighted by Crippen LogP contribution is -2.27. The third-order valence-electron chi connectivity index (χ3n) is 1.99. The highest BCUT2D eigenvalue weighted by Crippen LogP contribution is 2.27. The molecule has 18 heavy (non-hydrogen) atoms. The maximum absolute atomic E-state index is 11.7. The molecule has 1 aromatic rings. The molecule has 0 heterocycles. The van der Waals surface area contributed by atoms with E-state index in [1.54, 1.807) is 18.2 Å². The molecular weight excluding hydrogens is 302 g/mol. The first-order valence-electron chi connectivity index (χ1n) is 4.82. The van der Waals surface area contributed by atoms with Crippen molar-refractivity contribution in [3.63, 3.8) is 0 Å². The number of rotatable bonds is 4. The van der Waals surface area contributed by atoms with Crippen LogP contribution < -0.4 is 0 Å². The maximum atomic E-state index is 11.7. The zero-order valence-corrected chi connectivity index (χ0v) is 11.2. The van der Waals surface area contributed by atoms with Gasteiger partial charge in [0.15, 0.2) is 5.92 Å². The fourth-order valence-electron chi connectivity index (χ4n) is 1.26. The van der Waals surface area contributed by atoms with Gasteiger partial charge in [0, 0.05) is 0 Å². The summed E-state index contributed by atoms with van der Waals surface area (Å²) in [6.45, 7) is -0.507. The molecule has 0 fully saturated rings. The monoisotopic (exact) mass is 310 g/mol. The first kappa shape index (κ1) is 15.1. The molecule has 0 saturated heterocycles. The van der Waals surface area contributed by atoms with Gasteiger partial charge in [-0.05, 0) is 5.56 Å². The number of carboxylic acid groups (broad SMARTS) is 1. The average Bonchev–Trinajstić information content (AvgIpc) is 2.26. The Hall–Kier alpha value is -0.970. The van der Waals surface area contributed by atoms with Gasteiger partial charge < -0.3 is 9.84 Å². The molecule has 4 nitrogen and oxygen atoms in total. The maximum Gasteiger partial charge on any atom is 0.325 e. The Morgan fingerprint density at radius 1 is 1.22 bits per heavy atom. The molecule has 0 aromatic heterocycles. The molecule has 1 rings (SSSR count). The van der Waals surface area contributed by atoms with Crippen LogP contribution in [0.4, 0.5) is 0 Å². The Morgan fingerprint density at radius 2 is 1.78 bits per heavy atom. The van der Waals surface area contributed by atoms with Crippen LogP contribution in [0.2, 0.25) is 0 Å². The van der Waals surface area contributed by atoms with Gasteiger partial charge in [-0.15, -0.1) is 0 Å². The Labute approximate surface area is 118 Å². The third kappa shape index (κ3) is 4.72. The van der Waals surface area contributed by atoms with Gasteiger partial charge in [-0.25, -0.2) is 0 Å². The Kier molecular flexibility index (Phi) is 5.26. The number of carbonyl (C=O) groups is 2. The summed E-state index contributed by atoms with van der Waals surface area (Å²) < 4.78 is 2.90. The highest BCUT2D eigenvalue weighted by atomic mass is 35.6. The van der Waals surface area contributed by atoms with Crippen LogP contribution in [0.5, 0.6) is 0 Å². The van der Waals surface area contributed by atoms with Crippen molar-refractivity contribution in [3.8, 4) is 0 Å². The lowest BCUT2D eigenvalue weighted by molar-refractivity contribution is -0.154. The smallest absolute Gasteiger partial charge is 0.325 e. The fourth-order valence-corrected chi connectivity index (χ4v) is 1.42. The van der Waals surface area contributed by atoms with E-state index in [1.807, 2.05) is 0 Å². The van der Waals surface area contributed by atoms with Crippen molar-refractivity contribution in [1.82, 2.24) is 0 Å². The highest BCUT2D eigenvalue weighted by molar-refractivity contribution is 6.67. The number of halogens is 3. The summed E-state index contributed by atoms with van der Waals surface area (Å²) in [7, 11) is 0. The summed E-state index contributed by atoms with van der Waals surface area (Å²) in [6.07, 6.45) is 0. The molecule has 0 amide bonds. The van der Waals surface area contributed by atoms with Crippen molar-refractivity contribution in [2.24, 2.45) is 0 Å². The molecule has 0 aliphatic heterocycles. The van der Waals surface area contributed by atoms with Gasteiger partial charge in [0.25, 0.3) is 0 Å². The first-order chi connectivity index (χ1) is 8.31. The quantitative estimate of drug-likeness (QED) is 0.527. The number of benzene rings is 1. The van der Waals surface area contributed by atoms with E-state index in [0.29, 0.717) is 5.56 Å². The number of alkyl halides is 3. The Balaban J connectivity index is 2.81. The molecule has 1 aromatic carbocycles. The molecule has 1 N–H and O–H groups in total.